The van der Waals surface area contributed by atoms with Gasteiger partial charge in [-0.2, -0.15) is 0 Å². The van der Waals surface area contributed by atoms with Gasteiger partial charge in [-0.05, 0) is 28.1 Å². The summed E-state index contributed by atoms with van der Waals surface area (Å²) in [5, 5.41) is 8.69. The smallest absolute Gasteiger partial charge is 0.303 e. The van der Waals surface area contributed by atoms with Crippen molar-refractivity contribution >= 4 is 21.9 Å². The van der Waals surface area contributed by atoms with Crippen LogP contribution >= 0.6 is 15.9 Å². The summed E-state index contributed by atoms with van der Waals surface area (Å²) < 4.78 is 16.1. The predicted molar refractivity (Wildman–Crippen MR) is 72.3 cm³/mol. The second kappa shape index (κ2) is 5.52. The molecule has 2 rings (SSSR count). The van der Waals surface area contributed by atoms with Crippen molar-refractivity contribution in [3.8, 4) is 11.4 Å². The Hall–Kier alpha value is -1.69. The van der Waals surface area contributed by atoms with Crippen LogP contribution in [0.25, 0.3) is 11.4 Å². The summed E-state index contributed by atoms with van der Waals surface area (Å²) in [5.41, 5.74) is 1.01. The fourth-order valence-corrected chi connectivity index (χ4v) is 2.26. The van der Waals surface area contributed by atoms with Crippen molar-refractivity contribution in [3.05, 3.63) is 40.4 Å². The zero-order chi connectivity index (χ0) is 14.0. The van der Waals surface area contributed by atoms with E-state index in [1.165, 1.54) is 6.07 Å². The molecule has 0 bridgehead atoms. The third-order valence-electron chi connectivity index (χ3n) is 2.78. The standard InChI is InChI=1S/C13H12BrFN2O2/c1-17-12(14)10(6-7-11(18)19)16-13(17)8-4-2-3-5-9(8)15/h2-5H,6-7H2,1H3,(H,18,19). The predicted octanol–water partition coefficient (Wildman–Crippen LogP) is 3.01. The number of aliphatic carboxylic acids is 1. The van der Waals surface area contributed by atoms with Crippen LogP contribution in [0.15, 0.2) is 28.9 Å². The summed E-state index contributed by atoms with van der Waals surface area (Å²) in [5.74, 6) is -0.761. The fourth-order valence-electron chi connectivity index (χ4n) is 1.80. The van der Waals surface area contributed by atoms with E-state index in [0.717, 1.165) is 0 Å². The van der Waals surface area contributed by atoms with Gasteiger partial charge in [0.2, 0.25) is 0 Å². The van der Waals surface area contributed by atoms with Crippen molar-refractivity contribution in [1.29, 1.82) is 0 Å². The third kappa shape index (κ3) is 2.84. The van der Waals surface area contributed by atoms with E-state index in [4.69, 9.17) is 5.11 Å². The van der Waals surface area contributed by atoms with E-state index in [2.05, 4.69) is 20.9 Å². The molecule has 4 nitrogen and oxygen atoms in total. The van der Waals surface area contributed by atoms with Crippen LogP contribution in [0, 0.1) is 5.82 Å². The minimum absolute atomic E-state index is 0.00761. The number of nitrogens with zero attached hydrogens (tertiary/aromatic N) is 2. The van der Waals surface area contributed by atoms with E-state index in [1.54, 1.807) is 29.8 Å². The molecule has 0 aliphatic rings. The van der Waals surface area contributed by atoms with E-state index >= 15 is 0 Å². The van der Waals surface area contributed by atoms with Crippen LogP contribution in [0.2, 0.25) is 0 Å². The lowest BCUT2D eigenvalue weighted by molar-refractivity contribution is -0.136. The van der Waals surface area contributed by atoms with Gasteiger partial charge in [-0.25, -0.2) is 9.37 Å². The van der Waals surface area contributed by atoms with Crippen molar-refractivity contribution in [3.63, 3.8) is 0 Å². The molecule has 0 aliphatic heterocycles. The summed E-state index contributed by atoms with van der Waals surface area (Å²) in [6.07, 6.45) is 0.296. The summed E-state index contributed by atoms with van der Waals surface area (Å²) in [4.78, 5) is 14.9. The van der Waals surface area contributed by atoms with Gasteiger partial charge in [0.1, 0.15) is 16.2 Å². The van der Waals surface area contributed by atoms with Crippen molar-refractivity contribution in [2.75, 3.05) is 0 Å². The van der Waals surface area contributed by atoms with Crippen molar-refractivity contribution < 1.29 is 14.3 Å². The first-order valence-electron chi connectivity index (χ1n) is 5.68. The Balaban J connectivity index is 2.40. The highest BCUT2D eigenvalue weighted by Gasteiger charge is 2.16. The molecule has 0 fully saturated rings. The Labute approximate surface area is 118 Å². The SMILES string of the molecule is Cn1c(-c2ccccc2F)nc(CCC(=O)O)c1Br. The zero-order valence-corrected chi connectivity index (χ0v) is 11.8. The first kappa shape index (κ1) is 13.7. The van der Waals surface area contributed by atoms with Crippen LogP contribution in [-0.2, 0) is 18.3 Å². The highest BCUT2D eigenvalue weighted by molar-refractivity contribution is 9.10. The van der Waals surface area contributed by atoms with Gasteiger partial charge in [-0.1, -0.05) is 12.1 Å². The second-order valence-corrected chi connectivity index (χ2v) is 4.86. The lowest BCUT2D eigenvalue weighted by Crippen LogP contribution is -1.98. The van der Waals surface area contributed by atoms with Gasteiger partial charge >= 0.3 is 5.97 Å². The lowest BCUT2D eigenvalue weighted by Gasteiger charge is -2.03. The number of carbonyl (C=O) groups is 1. The highest BCUT2D eigenvalue weighted by atomic mass is 79.9. The molecule has 19 heavy (non-hydrogen) atoms. The molecule has 0 unspecified atom stereocenters. The highest BCUT2D eigenvalue weighted by Crippen LogP contribution is 2.27. The Bertz CT molecular complexity index is 625. The van der Waals surface area contributed by atoms with E-state index < -0.39 is 5.97 Å². The molecule has 0 aliphatic carbocycles. The first-order chi connectivity index (χ1) is 9.00. The number of aromatic nitrogens is 2. The molecule has 1 heterocycles. The molecule has 1 aromatic carbocycles. The number of carboxylic acids is 1. The maximum absolute atomic E-state index is 13.7. The number of hydrogen-bond acceptors (Lipinski definition) is 2. The van der Waals surface area contributed by atoms with E-state index in [0.29, 0.717) is 28.1 Å². The van der Waals surface area contributed by atoms with Crippen molar-refractivity contribution in [1.82, 2.24) is 9.55 Å². The van der Waals surface area contributed by atoms with E-state index in [9.17, 15) is 9.18 Å². The van der Waals surface area contributed by atoms with Crippen LogP contribution < -0.4 is 0 Å². The summed E-state index contributed by atoms with van der Waals surface area (Å²) in [6.45, 7) is 0. The van der Waals surface area contributed by atoms with Gasteiger partial charge in [0.25, 0.3) is 0 Å². The maximum Gasteiger partial charge on any atom is 0.303 e. The number of halogens is 2. The van der Waals surface area contributed by atoms with Gasteiger partial charge in [0.15, 0.2) is 0 Å². The normalized spacial score (nSPS) is 10.7. The average Bonchev–Trinajstić information content (AvgIpc) is 2.65. The van der Waals surface area contributed by atoms with Crippen molar-refractivity contribution in [2.24, 2.45) is 7.05 Å². The quantitative estimate of drug-likeness (QED) is 0.939. The molecular formula is C13H12BrFN2O2. The molecule has 0 saturated carbocycles. The summed E-state index contributed by atoms with van der Waals surface area (Å²) >= 11 is 3.36. The molecule has 6 heteroatoms. The molecule has 100 valence electrons. The van der Waals surface area contributed by atoms with Crippen LogP contribution in [0.5, 0.6) is 0 Å². The first-order valence-corrected chi connectivity index (χ1v) is 6.47. The number of benzene rings is 1. The third-order valence-corrected chi connectivity index (χ3v) is 3.77. The summed E-state index contributed by atoms with van der Waals surface area (Å²) in [7, 11) is 1.75. The van der Waals surface area contributed by atoms with Crippen LogP contribution in [0.3, 0.4) is 0 Å². The molecule has 2 aromatic rings. The number of rotatable bonds is 4. The van der Waals surface area contributed by atoms with Crippen LogP contribution in [-0.4, -0.2) is 20.6 Å². The Morgan fingerprint density at radius 2 is 2.16 bits per heavy atom. The molecule has 0 saturated heterocycles. The average molecular weight is 327 g/mol. The molecule has 1 N–H and O–H groups in total. The minimum atomic E-state index is -0.884. The maximum atomic E-state index is 13.7. The van der Waals surface area contributed by atoms with Gasteiger partial charge < -0.3 is 9.67 Å². The molecular weight excluding hydrogens is 315 g/mol. The minimum Gasteiger partial charge on any atom is -0.481 e. The molecule has 1 aromatic heterocycles. The van der Waals surface area contributed by atoms with Crippen LogP contribution in [0.4, 0.5) is 4.39 Å². The van der Waals surface area contributed by atoms with Gasteiger partial charge in [0.05, 0.1) is 17.7 Å². The van der Waals surface area contributed by atoms with Gasteiger partial charge in [0, 0.05) is 13.5 Å². The van der Waals surface area contributed by atoms with Crippen molar-refractivity contribution in [2.45, 2.75) is 12.8 Å². The number of hydrogen-bond donors (Lipinski definition) is 1. The Morgan fingerprint density at radius 1 is 1.47 bits per heavy atom. The largest absolute Gasteiger partial charge is 0.481 e. The van der Waals surface area contributed by atoms with E-state index in [-0.39, 0.29) is 12.2 Å². The zero-order valence-electron chi connectivity index (χ0n) is 10.2. The second-order valence-electron chi connectivity index (χ2n) is 4.11. The summed E-state index contributed by atoms with van der Waals surface area (Å²) in [6, 6.07) is 6.36. The molecule has 0 spiro atoms. The van der Waals surface area contributed by atoms with Gasteiger partial charge in [-0.15, -0.1) is 0 Å². The number of aryl methyl sites for hydroxylation is 1. The Morgan fingerprint density at radius 3 is 2.79 bits per heavy atom. The van der Waals surface area contributed by atoms with Gasteiger partial charge in [-0.3, -0.25) is 4.79 Å². The van der Waals surface area contributed by atoms with Crippen LogP contribution in [0.1, 0.15) is 12.1 Å². The molecule has 0 atom stereocenters. The van der Waals surface area contributed by atoms with E-state index in [1.807, 2.05) is 0 Å². The number of imidazole rings is 1. The molecule has 0 radical (unpaired) electrons. The monoisotopic (exact) mass is 326 g/mol. The fraction of sp³-hybridized carbons (Fsp3) is 0.231. The molecule has 0 amide bonds. The number of carboxylic acid groups (broad SMARTS) is 1. The Kier molecular flexibility index (Phi) is 3.99. The topological polar surface area (TPSA) is 55.1 Å². The lowest BCUT2D eigenvalue weighted by atomic mass is 10.2.